The zero-order chi connectivity index (χ0) is 17.2. The SMILES string of the molecule is CC=CC=CC(=O)Nc1cccc(C=CC(=O)c2ccccc2)c1. The van der Waals surface area contributed by atoms with E-state index in [2.05, 4.69) is 5.32 Å². The largest absolute Gasteiger partial charge is 0.322 e. The highest BCUT2D eigenvalue weighted by atomic mass is 16.1. The minimum absolute atomic E-state index is 0.0562. The van der Waals surface area contributed by atoms with E-state index in [1.54, 1.807) is 36.4 Å². The van der Waals surface area contributed by atoms with Crippen LogP contribution >= 0.6 is 0 Å². The van der Waals surface area contributed by atoms with Crippen LogP contribution in [0.25, 0.3) is 6.08 Å². The van der Waals surface area contributed by atoms with Crippen LogP contribution in [0.3, 0.4) is 0 Å². The van der Waals surface area contributed by atoms with Gasteiger partial charge in [0.1, 0.15) is 0 Å². The van der Waals surface area contributed by atoms with E-state index in [0.29, 0.717) is 11.3 Å². The summed E-state index contributed by atoms with van der Waals surface area (Å²) in [6, 6.07) is 16.4. The summed E-state index contributed by atoms with van der Waals surface area (Å²) in [5.41, 5.74) is 2.17. The van der Waals surface area contributed by atoms with Gasteiger partial charge in [-0.15, -0.1) is 0 Å². The van der Waals surface area contributed by atoms with Crippen molar-refractivity contribution in [1.82, 2.24) is 0 Å². The van der Waals surface area contributed by atoms with E-state index in [0.717, 1.165) is 5.56 Å². The van der Waals surface area contributed by atoms with Gasteiger partial charge in [-0.3, -0.25) is 9.59 Å². The number of carbonyl (C=O) groups is 2. The zero-order valence-corrected chi connectivity index (χ0v) is 13.5. The van der Waals surface area contributed by atoms with E-state index < -0.39 is 0 Å². The molecule has 0 heterocycles. The molecule has 0 saturated heterocycles. The highest BCUT2D eigenvalue weighted by Gasteiger charge is 2.01. The molecule has 0 fully saturated rings. The molecule has 0 spiro atoms. The predicted molar refractivity (Wildman–Crippen MR) is 98.8 cm³/mol. The summed E-state index contributed by atoms with van der Waals surface area (Å²) in [7, 11) is 0. The van der Waals surface area contributed by atoms with Gasteiger partial charge in [-0.1, -0.05) is 66.8 Å². The van der Waals surface area contributed by atoms with Crippen molar-refractivity contribution in [2.24, 2.45) is 0 Å². The van der Waals surface area contributed by atoms with Gasteiger partial charge in [-0.25, -0.2) is 0 Å². The molecule has 2 aromatic carbocycles. The lowest BCUT2D eigenvalue weighted by Crippen LogP contribution is -2.07. The highest BCUT2D eigenvalue weighted by molar-refractivity contribution is 6.06. The van der Waals surface area contributed by atoms with Crippen molar-refractivity contribution in [3.05, 3.63) is 96.1 Å². The van der Waals surface area contributed by atoms with E-state index in [1.165, 1.54) is 12.2 Å². The third-order valence-corrected chi connectivity index (χ3v) is 3.19. The van der Waals surface area contributed by atoms with E-state index in [1.807, 2.05) is 49.4 Å². The molecule has 3 nitrogen and oxygen atoms in total. The van der Waals surface area contributed by atoms with Crippen molar-refractivity contribution in [2.45, 2.75) is 6.92 Å². The van der Waals surface area contributed by atoms with Crippen LogP contribution < -0.4 is 5.32 Å². The van der Waals surface area contributed by atoms with Crippen LogP contribution in [0.4, 0.5) is 5.69 Å². The molecule has 3 heteroatoms. The molecule has 120 valence electrons. The van der Waals surface area contributed by atoms with Gasteiger partial charge in [0.2, 0.25) is 5.91 Å². The normalized spacial score (nSPS) is 11.4. The number of carbonyl (C=O) groups excluding carboxylic acids is 2. The van der Waals surface area contributed by atoms with Crippen molar-refractivity contribution >= 4 is 23.5 Å². The van der Waals surface area contributed by atoms with Gasteiger partial charge in [0.25, 0.3) is 0 Å². The second-order valence-electron chi connectivity index (χ2n) is 5.06. The Kier molecular flexibility index (Phi) is 6.47. The quantitative estimate of drug-likeness (QED) is 0.479. The Morgan fingerprint density at radius 2 is 1.71 bits per heavy atom. The summed E-state index contributed by atoms with van der Waals surface area (Å²) in [6.45, 7) is 1.88. The lowest BCUT2D eigenvalue weighted by molar-refractivity contribution is -0.111. The van der Waals surface area contributed by atoms with Gasteiger partial charge in [-0.05, 0) is 30.7 Å². The van der Waals surface area contributed by atoms with Crippen LogP contribution in [0.15, 0.2) is 85.0 Å². The molecule has 2 aromatic rings. The summed E-state index contributed by atoms with van der Waals surface area (Å²) < 4.78 is 0. The first kappa shape index (κ1) is 17.2. The van der Waals surface area contributed by atoms with Gasteiger partial charge in [0.15, 0.2) is 5.78 Å². The molecule has 0 aliphatic heterocycles. The molecule has 1 amide bonds. The molecule has 0 unspecified atom stereocenters. The van der Waals surface area contributed by atoms with Crippen molar-refractivity contribution in [3.8, 4) is 0 Å². The van der Waals surface area contributed by atoms with Gasteiger partial charge >= 0.3 is 0 Å². The number of rotatable bonds is 6. The van der Waals surface area contributed by atoms with Crippen LogP contribution in [0.5, 0.6) is 0 Å². The maximum absolute atomic E-state index is 12.1. The first-order chi connectivity index (χ1) is 11.7. The average Bonchev–Trinajstić information content (AvgIpc) is 2.61. The smallest absolute Gasteiger partial charge is 0.248 e. The maximum atomic E-state index is 12.1. The van der Waals surface area contributed by atoms with Crippen molar-refractivity contribution in [1.29, 1.82) is 0 Å². The molecule has 0 atom stereocenters. The first-order valence-electron chi connectivity index (χ1n) is 7.67. The van der Waals surface area contributed by atoms with E-state index in [-0.39, 0.29) is 11.7 Å². The molecule has 0 aliphatic rings. The summed E-state index contributed by atoms with van der Waals surface area (Å²) in [5, 5.41) is 2.78. The minimum Gasteiger partial charge on any atom is -0.322 e. The standard InChI is InChI=1S/C21H19NO2/c1-2-3-5-13-21(24)22-19-12-8-9-17(16-19)14-15-20(23)18-10-6-4-7-11-18/h2-16H,1H3,(H,22,24). The molecule has 0 saturated carbocycles. The predicted octanol–water partition coefficient (Wildman–Crippen LogP) is 4.65. The summed E-state index contributed by atoms with van der Waals surface area (Å²) in [6.07, 6.45) is 10.0. The number of ketones is 1. The first-order valence-corrected chi connectivity index (χ1v) is 7.67. The van der Waals surface area contributed by atoms with Gasteiger partial charge in [-0.2, -0.15) is 0 Å². The van der Waals surface area contributed by atoms with Crippen molar-refractivity contribution in [2.75, 3.05) is 5.32 Å². The number of amides is 1. The highest BCUT2D eigenvalue weighted by Crippen LogP contribution is 2.13. The minimum atomic E-state index is -0.199. The molecular formula is C21H19NO2. The fourth-order valence-electron chi connectivity index (χ4n) is 2.03. The second kappa shape index (κ2) is 9.06. The maximum Gasteiger partial charge on any atom is 0.248 e. The average molecular weight is 317 g/mol. The fraction of sp³-hybridized carbons (Fsp3) is 0.0476. The molecule has 0 bridgehead atoms. The van der Waals surface area contributed by atoms with Gasteiger partial charge in [0.05, 0.1) is 0 Å². The molecule has 0 radical (unpaired) electrons. The van der Waals surface area contributed by atoms with Crippen LogP contribution in [-0.2, 0) is 4.79 Å². The number of hydrogen-bond donors (Lipinski definition) is 1. The Labute approximate surface area is 142 Å². The Morgan fingerprint density at radius 3 is 2.46 bits per heavy atom. The Bertz CT molecular complexity index is 786. The third kappa shape index (κ3) is 5.54. The van der Waals surface area contributed by atoms with Crippen molar-refractivity contribution < 1.29 is 9.59 Å². The fourth-order valence-corrected chi connectivity index (χ4v) is 2.03. The molecule has 2 rings (SSSR count). The number of nitrogens with one attached hydrogen (secondary N) is 1. The van der Waals surface area contributed by atoms with Gasteiger partial charge < -0.3 is 5.32 Å². The Balaban J connectivity index is 2.03. The van der Waals surface area contributed by atoms with Crippen LogP contribution in [0.2, 0.25) is 0 Å². The summed E-state index contributed by atoms with van der Waals surface area (Å²) in [5.74, 6) is -0.256. The van der Waals surface area contributed by atoms with Crippen LogP contribution in [0.1, 0.15) is 22.8 Å². The lowest BCUT2D eigenvalue weighted by atomic mass is 10.1. The van der Waals surface area contributed by atoms with E-state index in [9.17, 15) is 9.59 Å². The summed E-state index contributed by atoms with van der Waals surface area (Å²) >= 11 is 0. The number of benzene rings is 2. The van der Waals surface area contributed by atoms with Crippen LogP contribution in [0, 0.1) is 0 Å². The molecule has 1 N–H and O–H groups in total. The Hall–Kier alpha value is -3.20. The molecule has 0 aromatic heterocycles. The molecule has 24 heavy (non-hydrogen) atoms. The monoisotopic (exact) mass is 317 g/mol. The lowest BCUT2D eigenvalue weighted by Gasteiger charge is -2.03. The number of allylic oxidation sites excluding steroid dienone is 4. The molecule has 0 aliphatic carbocycles. The van der Waals surface area contributed by atoms with E-state index >= 15 is 0 Å². The van der Waals surface area contributed by atoms with Crippen LogP contribution in [-0.4, -0.2) is 11.7 Å². The second-order valence-corrected chi connectivity index (χ2v) is 5.06. The molecular weight excluding hydrogens is 298 g/mol. The number of hydrogen-bond acceptors (Lipinski definition) is 2. The topological polar surface area (TPSA) is 46.2 Å². The Morgan fingerprint density at radius 1 is 0.917 bits per heavy atom. The zero-order valence-electron chi connectivity index (χ0n) is 13.5. The van der Waals surface area contributed by atoms with Gasteiger partial charge in [0, 0.05) is 17.3 Å². The number of anilines is 1. The third-order valence-electron chi connectivity index (χ3n) is 3.19. The summed E-state index contributed by atoms with van der Waals surface area (Å²) in [4.78, 5) is 23.8. The van der Waals surface area contributed by atoms with E-state index in [4.69, 9.17) is 0 Å². The van der Waals surface area contributed by atoms with Crippen molar-refractivity contribution in [3.63, 3.8) is 0 Å².